The third-order valence-corrected chi connectivity index (χ3v) is 4.65. The molecule has 0 aliphatic rings. The molecular formula is C21H24N4O4. The SMILES string of the molecule is CCOc1c(C)cnc2c1c(=O)n(CC(=O)NCCc1ccccc1)c(=O)n2C. The van der Waals surface area contributed by atoms with E-state index >= 15 is 0 Å². The van der Waals surface area contributed by atoms with Gasteiger partial charge in [-0.1, -0.05) is 30.3 Å². The monoisotopic (exact) mass is 396 g/mol. The number of carbonyl (C=O) groups is 1. The summed E-state index contributed by atoms with van der Waals surface area (Å²) in [5.74, 6) is -0.0191. The molecule has 0 aliphatic carbocycles. The smallest absolute Gasteiger partial charge is 0.332 e. The summed E-state index contributed by atoms with van der Waals surface area (Å²) < 4.78 is 7.81. The lowest BCUT2D eigenvalue weighted by Crippen LogP contribution is -2.43. The Morgan fingerprint density at radius 3 is 2.62 bits per heavy atom. The Hall–Kier alpha value is -3.42. The molecule has 0 fully saturated rings. The van der Waals surface area contributed by atoms with Gasteiger partial charge in [0, 0.05) is 25.4 Å². The van der Waals surface area contributed by atoms with Gasteiger partial charge < -0.3 is 10.1 Å². The molecule has 3 rings (SSSR count). The molecule has 2 heterocycles. The maximum absolute atomic E-state index is 13.0. The largest absolute Gasteiger partial charge is 0.493 e. The lowest BCUT2D eigenvalue weighted by Gasteiger charge is -2.14. The molecule has 8 nitrogen and oxygen atoms in total. The van der Waals surface area contributed by atoms with Crippen LogP contribution in [-0.2, 0) is 24.8 Å². The second-order valence-corrected chi connectivity index (χ2v) is 6.72. The number of carbonyl (C=O) groups excluding carboxylic acids is 1. The standard InChI is InChI=1S/C21H24N4O4/c1-4-29-18-14(2)12-23-19-17(18)20(27)25(21(28)24(19)3)13-16(26)22-11-10-15-8-6-5-7-9-15/h5-9,12H,4,10-11,13H2,1-3H3,(H,22,26). The Bertz CT molecular complexity index is 1150. The Kier molecular flexibility index (Phi) is 6.11. The first-order valence-corrected chi connectivity index (χ1v) is 9.46. The van der Waals surface area contributed by atoms with E-state index in [4.69, 9.17) is 4.74 Å². The molecule has 0 saturated heterocycles. The van der Waals surface area contributed by atoms with E-state index in [1.165, 1.54) is 11.6 Å². The highest BCUT2D eigenvalue weighted by atomic mass is 16.5. The molecule has 0 spiro atoms. The van der Waals surface area contributed by atoms with Gasteiger partial charge in [0.05, 0.1) is 6.61 Å². The summed E-state index contributed by atoms with van der Waals surface area (Å²) in [5, 5.41) is 2.96. The van der Waals surface area contributed by atoms with E-state index in [2.05, 4.69) is 10.3 Å². The Labute approximate surface area is 167 Å². The minimum Gasteiger partial charge on any atom is -0.493 e. The maximum Gasteiger partial charge on any atom is 0.332 e. The third-order valence-electron chi connectivity index (χ3n) is 4.65. The summed E-state index contributed by atoms with van der Waals surface area (Å²) >= 11 is 0. The lowest BCUT2D eigenvalue weighted by molar-refractivity contribution is -0.121. The number of benzene rings is 1. The van der Waals surface area contributed by atoms with Crippen LogP contribution < -0.4 is 21.3 Å². The summed E-state index contributed by atoms with van der Waals surface area (Å²) in [6, 6.07) is 9.74. The molecule has 152 valence electrons. The molecule has 0 bridgehead atoms. The van der Waals surface area contributed by atoms with Gasteiger partial charge in [-0.3, -0.25) is 14.2 Å². The predicted octanol–water partition coefficient (Wildman–Crippen LogP) is 1.16. The number of pyridine rings is 1. The number of nitrogens with zero attached hydrogens (tertiary/aromatic N) is 3. The molecule has 0 radical (unpaired) electrons. The predicted molar refractivity (Wildman–Crippen MR) is 110 cm³/mol. The van der Waals surface area contributed by atoms with E-state index in [1.54, 1.807) is 13.1 Å². The molecule has 0 atom stereocenters. The van der Waals surface area contributed by atoms with Crippen molar-refractivity contribution in [1.82, 2.24) is 19.4 Å². The fourth-order valence-electron chi connectivity index (χ4n) is 3.18. The number of ether oxygens (including phenoxy) is 1. The average Bonchev–Trinajstić information content (AvgIpc) is 2.72. The molecular weight excluding hydrogens is 372 g/mol. The van der Waals surface area contributed by atoms with E-state index in [0.29, 0.717) is 30.9 Å². The van der Waals surface area contributed by atoms with Crippen LogP contribution in [0.2, 0.25) is 0 Å². The van der Waals surface area contributed by atoms with Gasteiger partial charge in [0.2, 0.25) is 5.91 Å². The second-order valence-electron chi connectivity index (χ2n) is 6.72. The van der Waals surface area contributed by atoms with Crippen LogP contribution in [0.1, 0.15) is 18.1 Å². The summed E-state index contributed by atoms with van der Waals surface area (Å²) in [5.41, 5.74) is 0.832. The number of hydrogen-bond acceptors (Lipinski definition) is 5. The van der Waals surface area contributed by atoms with E-state index in [1.807, 2.05) is 37.3 Å². The first-order chi connectivity index (χ1) is 13.9. The highest BCUT2D eigenvalue weighted by molar-refractivity contribution is 5.83. The normalized spacial score (nSPS) is 10.9. The Morgan fingerprint density at radius 1 is 1.21 bits per heavy atom. The minimum absolute atomic E-state index is 0.200. The third kappa shape index (κ3) is 4.21. The number of rotatable bonds is 7. The van der Waals surface area contributed by atoms with Gasteiger partial charge >= 0.3 is 5.69 Å². The number of nitrogens with one attached hydrogen (secondary N) is 1. The van der Waals surface area contributed by atoms with Gasteiger partial charge in [0.15, 0.2) is 5.65 Å². The van der Waals surface area contributed by atoms with E-state index in [0.717, 1.165) is 10.1 Å². The fourth-order valence-corrected chi connectivity index (χ4v) is 3.18. The zero-order valence-electron chi connectivity index (χ0n) is 16.8. The molecule has 2 aromatic heterocycles. The van der Waals surface area contributed by atoms with E-state index in [9.17, 15) is 14.4 Å². The quantitative estimate of drug-likeness (QED) is 0.647. The second kappa shape index (κ2) is 8.72. The molecule has 1 amide bonds. The summed E-state index contributed by atoms with van der Waals surface area (Å²) in [6.45, 7) is 4.00. The average molecular weight is 396 g/mol. The van der Waals surface area contributed by atoms with Crippen LogP contribution in [-0.4, -0.2) is 33.2 Å². The Morgan fingerprint density at radius 2 is 1.93 bits per heavy atom. The fraction of sp³-hybridized carbons (Fsp3) is 0.333. The van der Waals surface area contributed by atoms with Gasteiger partial charge in [-0.2, -0.15) is 0 Å². The van der Waals surface area contributed by atoms with Crippen molar-refractivity contribution >= 4 is 16.9 Å². The van der Waals surface area contributed by atoms with Crippen molar-refractivity contribution in [2.45, 2.75) is 26.8 Å². The van der Waals surface area contributed by atoms with Crippen LogP contribution in [0.3, 0.4) is 0 Å². The lowest BCUT2D eigenvalue weighted by atomic mass is 10.1. The van der Waals surface area contributed by atoms with Crippen LogP contribution in [0.4, 0.5) is 0 Å². The van der Waals surface area contributed by atoms with E-state index < -0.39 is 17.2 Å². The number of fused-ring (bicyclic) bond motifs is 1. The molecule has 0 saturated carbocycles. The van der Waals surface area contributed by atoms with Crippen molar-refractivity contribution in [2.24, 2.45) is 7.05 Å². The van der Waals surface area contributed by atoms with Crippen LogP contribution in [0, 0.1) is 6.92 Å². The number of amides is 1. The van der Waals surface area contributed by atoms with Gasteiger partial charge in [0.25, 0.3) is 5.56 Å². The van der Waals surface area contributed by atoms with Crippen molar-refractivity contribution in [3.8, 4) is 5.75 Å². The van der Waals surface area contributed by atoms with Crippen molar-refractivity contribution in [3.63, 3.8) is 0 Å². The van der Waals surface area contributed by atoms with Crippen LogP contribution >= 0.6 is 0 Å². The van der Waals surface area contributed by atoms with Crippen LogP contribution in [0.5, 0.6) is 5.75 Å². The topological polar surface area (TPSA) is 95.2 Å². The highest BCUT2D eigenvalue weighted by Crippen LogP contribution is 2.24. The molecule has 29 heavy (non-hydrogen) atoms. The molecule has 1 aromatic carbocycles. The number of aryl methyl sites for hydroxylation is 2. The van der Waals surface area contributed by atoms with Crippen molar-refractivity contribution in [2.75, 3.05) is 13.2 Å². The first kappa shape index (κ1) is 20.3. The zero-order valence-corrected chi connectivity index (χ0v) is 16.8. The number of hydrogen-bond donors (Lipinski definition) is 1. The maximum atomic E-state index is 13.0. The van der Waals surface area contributed by atoms with E-state index in [-0.39, 0.29) is 17.6 Å². The molecule has 0 aliphatic heterocycles. The summed E-state index contributed by atoms with van der Waals surface area (Å²) in [7, 11) is 1.52. The molecule has 1 N–H and O–H groups in total. The molecule has 8 heteroatoms. The van der Waals surface area contributed by atoms with Crippen LogP contribution in [0.25, 0.3) is 11.0 Å². The highest BCUT2D eigenvalue weighted by Gasteiger charge is 2.19. The number of aromatic nitrogens is 3. The summed E-state index contributed by atoms with van der Waals surface area (Å²) in [6.07, 6.45) is 2.22. The van der Waals surface area contributed by atoms with Gasteiger partial charge in [0.1, 0.15) is 17.7 Å². The van der Waals surface area contributed by atoms with Crippen molar-refractivity contribution in [3.05, 3.63) is 68.5 Å². The molecule has 3 aromatic rings. The van der Waals surface area contributed by atoms with Gasteiger partial charge in [-0.05, 0) is 25.8 Å². The van der Waals surface area contributed by atoms with Crippen LogP contribution in [0.15, 0.2) is 46.1 Å². The van der Waals surface area contributed by atoms with Gasteiger partial charge in [-0.15, -0.1) is 0 Å². The first-order valence-electron chi connectivity index (χ1n) is 9.46. The van der Waals surface area contributed by atoms with Gasteiger partial charge in [-0.25, -0.2) is 14.3 Å². The molecule has 0 unspecified atom stereocenters. The van der Waals surface area contributed by atoms with Crippen molar-refractivity contribution < 1.29 is 9.53 Å². The zero-order chi connectivity index (χ0) is 21.0. The minimum atomic E-state index is -0.598. The Balaban J connectivity index is 1.89. The summed E-state index contributed by atoms with van der Waals surface area (Å²) in [4.78, 5) is 42.3. The van der Waals surface area contributed by atoms with Crippen molar-refractivity contribution in [1.29, 1.82) is 0 Å².